The zero-order valence-electron chi connectivity index (χ0n) is 20.6. The number of aromatic nitrogens is 1. The molecule has 5 rings (SSSR count). The van der Waals surface area contributed by atoms with Crippen LogP contribution in [0.5, 0.6) is 11.5 Å². The number of phenolic OH excluding ortho intramolecular Hbond substituents is 1. The van der Waals surface area contributed by atoms with Crippen LogP contribution in [0.4, 0.5) is 0 Å². The van der Waals surface area contributed by atoms with Gasteiger partial charge in [-0.1, -0.05) is 59.9 Å². The van der Waals surface area contributed by atoms with E-state index in [1.807, 2.05) is 42.5 Å². The van der Waals surface area contributed by atoms with Crippen molar-refractivity contribution in [2.24, 2.45) is 4.99 Å². The number of aromatic hydroxyl groups is 1. The van der Waals surface area contributed by atoms with Crippen molar-refractivity contribution in [2.75, 3.05) is 13.7 Å². The molecule has 0 aliphatic carbocycles. The standard InChI is InChI=1S/C29H23BrN2O5S/c1-3-37-28(35)24-25(18-7-5-4-6-8-18)31-29-32(26(24)19-10-12-20(36-2)13-11-19)27(34)23(38-29)16-17-9-14-22(33)21(30)15-17/h4-16,26,33H,3H2,1-2H3/b23-16-/t26-/m1/s1. The second-order valence-corrected chi connectivity index (χ2v) is 10.3. The van der Waals surface area contributed by atoms with E-state index in [4.69, 9.17) is 14.5 Å². The molecular formula is C29H23BrN2O5S. The SMILES string of the molecule is CCOC(=O)C1=C(c2ccccc2)N=c2s/c(=C\c3ccc(O)c(Br)c3)c(=O)n2[C@@H]1c1ccc(OC)cc1. The number of ether oxygens (including phenoxy) is 2. The molecule has 0 spiro atoms. The van der Waals surface area contributed by atoms with Crippen molar-refractivity contribution in [3.8, 4) is 11.5 Å². The van der Waals surface area contributed by atoms with Crippen molar-refractivity contribution in [2.45, 2.75) is 13.0 Å². The van der Waals surface area contributed by atoms with E-state index in [0.29, 0.717) is 25.3 Å². The third-order valence-electron chi connectivity index (χ3n) is 6.07. The molecule has 7 nitrogen and oxygen atoms in total. The number of fused-ring (bicyclic) bond motifs is 1. The summed E-state index contributed by atoms with van der Waals surface area (Å²) < 4.78 is 13.3. The maximum absolute atomic E-state index is 13.9. The summed E-state index contributed by atoms with van der Waals surface area (Å²) in [5.74, 6) is 0.228. The van der Waals surface area contributed by atoms with Crippen LogP contribution in [0, 0.1) is 0 Å². The largest absolute Gasteiger partial charge is 0.507 e. The molecule has 1 aromatic heterocycles. The smallest absolute Gasteiger partial charge is 0.338 e. The third kappa shape index (κ3) is 4.82. The van der Waals surface area contributed by atoms with Gasteiger partial charge in [-0.25, -0.2) is 9.79 Å². The number of nitrogens with zero attached hydrogens (tertiary/aromatic N) is 2. The fourth-order valence-corrected chi connectivity index (χ4v) is 5.70. The van der Waals surface area contributed by atoms with Gasteiger partial charge in [0.15, 0.2) is 4.80 Å². The molecule has 0 saturated heterocycles. The molecule has 1 atom stereocenters. The number of rotatable bonds is 6. The average Bonchev–Trinajstić information content (AvgIpc) is 3.24. The average molecular weight is 591 g/mol. The highest BCUT2D eigenvalue weighted by molar-refractivity contribution is 9.10. The summed E-state index contributed by atoms with van der Waals surface area (Å²) in [6.07, 6.45) is 1.75. The van der Waals surface area contributed by atoms with Gasteiger partial charge in [0.2, 0.25) is 0 Å². The Balaban J connectivity index is 1.81. The summed E-state index contributed by atoms with van der Waals surface area (Å²) in [7, 11) is 1.58. The van der Waals surface area contributed by atoms with Gasteiger partial charge in [-0.05, 0) is 64.3 Å². The van der Waals surface area contributed by atoms with E-state index >= 15 is 0 Å². The van der Waals surface area contributed by atoms with Crippen LogP contribution in [0.2, 0.25) is 0 Å². The summed E-state index contributed by atoms with van der Waals surface area (Å²) in [6, 6.07) is 20.9. The molecule has 0 unspecified atom stereocenters. The lowest BCUT2D eigenvalue weighted by Gasteiger charge is -2.26. The number of carbonyl (C=O) groups is 1. The Labute approximate surface area is 230 Å². The van der Waals surface area contributed by atoms with Crippen LogP contribution < -0.4 is 19.6 Å². The zero-order chi connectivity index (χ0) is 26.8. The van der Waals surface area contributed by atoms with Crippen molar-refractivity contribution >= 4 is 45.0 Å². The normalized spacial score (nSPS) is 15.1. The molecule has 0 radical (unpaired) electrons. The summed E-state index contributed by atoms with van der Waals surface area (Å²) >= 11 is 4.56. The maximum atomic E-state index is 13.9. The number of methoxy groups -OCH3 is 1. The highest BCUT2D eigenvalue weighted by Gasteiger charge is 2.35. The fraction of sp³-hybridized carbons (Fsp3) is 0.138. The minimum atomic E-state index is -0.764. The first-order chi connectivity index (χ1) is 18.4. The first-order valence-corrected chi connectivity index (χ1v) is 13.4. The van der Waals surface area contributed by atoms with E-state index in [9.17, 15) is 14.7 Å². The van der Waals surface area contributed by atoms with Crippen LogP contribution in [0.25, 0.3) is 11.8 Å². The topological polar surface area (TPSA) is 90.1 Å². The second-order valence-electron chi connectivity index (χ2n) is 8.42. The van der Waals surface area contributed by atoms with Crippen molar-refractivity contribution in [1.82, 2.24) is 4.57 Å². The van der Waals surface area contributed by atoms with Gasteiger partial charge in [0.25, 0.3) is 5.56 Å². The molecule has 38 heavy (non-hydrogen) atoms. The van der Waals surface area contributed by atoms with Gasteiger partial charge in [-0.3, -0.25) is 9.36 Å². The molecule has 4 aromatic rings. The van der Waals surface area contributed by atoms with E-state index in [1.54, 1.807) is 55.0 Å². The van der Waals surface area contributed by atoms with Gasteiger partial charge in [0.05, 0.1) is 40.0 Å². The third-order valence-corrected chi connectivity index (χ3v) is 7.69. The Hall–Kier alpha value is -3.95. The number of hydrogen-bond acceptors (Lipinski definition) is 7. The molecule has 3 aromatic carbocycles. The van der Waals surface area contributed by atoms with Crippen LogP contribution in [0.1, 0.15) is 29.7 Å². The van der Waals surface area contributed by atoms with Gasteiger partial charge in [-0.15, -0.1) is 0 Å². The van der Waals surface area contributed by atoms with Gasteiger partial charge in [-0.2, -0.15) is 0 Å². The minimum absolute atomic E-state index is 0.106. The summed E-state index contributed by atoms with van der Waals surface area (Å²) in [6.45, 7) is 1.92. The Morgan fingerprint density at radius 2 is 1.87 bits per heavy atom. The monoisotopic (exact) mass is 590 g/mol. The molecule has 0 bridgehead atoms. The molecular weight excluding hydrogens is 568 g/mol. The van der Waals surface area contributed by atoms with Gasteiger partial charge < -0.3 is 14.6 Å². The molecule has 1 N–H and O–H groups in total. The van der Waals surface area contributed by atoms with Crippen molar-refractivity contribution in [3.05, 3.63) is 119 Å². The number of carbonyl (C=O) groups excluding carboxylic acids is 1. The van der Waals surface area contributed by atoms with Crippen molar-refractivity contribution < 1.29 is 19.4 Å². The summed E-state index contributed by atoms with van der Waals surface area (Å²) in [5, 5.41) is 9.86. The molecule has 0 saturated carbocycles. The van der Waals surface area contributed by atoms with Gasteiger partial charge in [0, 0.05) is 5.56 Å². The fourth-order valence-electron chi connectivity index (χ4n) is 4.31. The molecule has 192 valence electrons. The van der Waals surface area contributed by atoms with E-state index in [2.05, 4.69) is 15.9 Å². The Kier molecular flexibility index (Phi) is 7.31. The lowest BCUT2D eigenvalue weighted by Crippen LogP contribution is -2.40. The highest BCUT2D eigenvalue weighted by Crippen LogP contribution is 2.35. The Bertz CT molecular complexity index is 1720. The minimum Gasteiger partial charge on any atom is -0.507 e. The molecule has 0 fully saturated rings. The number of thiazole rings is 1. The molecule has 1 aliphatic heterocycles. The van der Waals surface area contributed by atoms with Crippen LogP contribution in [0.3, 0.4) is 0 Å². The van der Waals surface area contributed by atoms with Crippen molar-refractivity contribution in [3.63, 3.8) is 0 Å². The number of benzene rings is 3. The number of phenols is 1. The zero-order valence-corrected chi connectivity index (χ0v) is 23.0. The predicted molar refractivity (Wildman–Crippen MR) is 150 cm³/mol. The Morgan fingerprint density at radius 3 is 2.53 bits per heavy atom. The van der Waals surface area contributed by atoms with Crippen LogP contribution in [0.15, 0.2) is 92.6 Å². The van der Waals surface area contributed by atoms with E-state index < -0.39 is 12.0 Å². The maximum Gasteiger partial charge on any atom is 0.338 e. The van der Waals surface area contributed by atoms with Crippen LogP contribution >= 0.6 is 27.3 Å². The molecule has 1 aliphatic rings. The van der Waals surface area contributed by atoms with Gasteiger partial charge >= 0.3 is 5.97 Å². The molecule has 9 heteroatoms. The Morgan fingerprint density at radius 1 is 1.13 bits per heavy atom. The summed E-state index contributed by atoms with van der Waals surface area (Å²) in [4.78, 5) is 32.6. The second kappa shape index (κ2) is 10.8. The quantitative estimate of drug-likeness (QED) is 0.336. The van der Waals surface area contributed by atoms with Gasteiger partial charge in [0.1, 0.15) is 11.5 Å². The predicted octanol–water partition coefficient (Wildman–Crippen LogP) is 4.41. The summed E-state index contributed by atoms with van der Waals surface area (Å²) in [5.41, 5.74) is 2.66. The van der Waals surface area contributed by atoms with E-state index in [-0.39, 0.29) is 23.5 Å². The number of hydrogen-bond donors (Lipinski definition) is 1. The van der Waals surface area contributed by atoms with E-state index in [0.717, 1.165) is 16.7 Å². The molecule has 2 heterocycles. The van der Waals surface area contributed by atoms with Crippen molar-refractivity contribution in [1.29, 1.82) is 0 Å². The number of esters is 1. The van der Waals surface area contributed by atoms with Crippen LogP contribution in [-0.4, -0.2) is 29.4 Å². The molecule has 0 amide bonds. The lowest BCUT2D eigenvalue weighted by molar-refractivity contribution is -0.138. The first-order valence-electron chi connectivity index (χ1n) is 11.8. The number of halogens is 1. The first kappa shape index (κ1) is 25.7. The lowest BCUT2D eigenvalue weighted by atomic mass is 9.93. The van der Waals surface area contributed by atoms with Crippen LogP contribution in [-0.2, 0) is 9.53 Å². The highest BCUT2D eigenvalue weighted by atomic mass is 79.9. The van der Waals surface area contributed by atoms with E-state index in [1.165, 1.54) is 11.3 Å².